The maximum atomic E-state index is 5.82. The van der Waals surface area contributed by atoms with Crippen LogP contribution in [0.4, 0.5) is 0 Å². The fourth-order valence-corrected chi connectivity index (χ4v) is 2.84. The molecule has 0 fully saturated rings. The van der Waals surface area contributed by atoms with Crippen LogP contribution in [0.1, 0.15) is 17.5 Å². The van der Waals surface area contributed by atoms with Crippen LogP contribution in [0.2, 0.25) is 0 Å². The molecule has 3 rings (SSSR count). The lowest BCUT2D eigenvalue weighted by molar-refractivity contribution is 0.294. The number of fused-ring (bicyclic) bond motifs is 1. The molecule has 1 aliphatic rings. The highest BCUT2D eigenvalue weighted by atomic mass is 16.5. The molecule has 0 N–H and O–H groups in total. The quantitative estimate of drug-likeness (QED) is 0.854. The van der Waals surface area contributed by atoms with Crippen molar-refractivity contribution in [2.24, 2.45) is 0 Å². The van der Waals surface area contributed by atoms with Crippen molar-refractivity contribution in [1.82, 2.24) is 0 Å². The van der Waals surface area contributed by atoms with Crippen LogP contribution in [-0.2, 0) is 0 Å². The van der Waals surface area contributed by atoms with E-state index in [0.717, 1.165) is 28.9 Å². The molecule has 0 aliphatic carbocycles. The van der Waals surface area contributed by atoms with Crippen LogP contribution in [-0.4, -0.2) is 27.9 Å². The summed E-state index contributed by atoms with van der Waals surface area (Å²) in [5, 5.41) is 0. The van der Waals surface area contributed by atoms with Crippen molar-refractivity contribution in [2.45, 2.75) is 6.42 Å². The van der Waals surface area contributed by atoms with E-state index in [0.29, 0.717) is 23.9 Å². The van der Waals surface area contributed by atoms with Crippen molar-refractivity contribution in [3.63, 3.8) is 0 Å². The van der Waals surface area contributed by atoms with E-state index in [9.17, 15) is 0 Å². The summed E-state index contributed by atoms with van der Waals surface area (Å²) in [7, 11) is 4.84. The van der Waals surface area contributed by atoms with E-state index in [1.807, 2.05) is 24.3 Å². The molecule has 23 heavy (non-hydrogen) atoms. The molecule has 0 saturated carbocycles. The lowest BCUT2D eigenvalue weighted by Gasteiger charge is -2.25. The van der Waals surface area contributed by atoms with Crippen LogP contribution in [0.3, 0.4) is 0 Å². The second-order valence-electron chi connectivity index (χ2n) is 5.20. The summed E-state index contributed by atoms with van der Waals surface area (Å²) < 4.78 is 22.3. The lowest BCUT2D eigenvalue weighted by Crippen LogP contribution is -2.10. The molecule has 0 radical (unpaired) electrons. The fourth-order valence-electron chi connectivity index (χ4n) is 2.84. The van der Waals surface area contributed by atoms with E-state index < -0.39 is 0 Å². The smallest absolute Gasteiger partial charge is 0.204 e. The monoisotopic (exact) mass is 312 g/mol. The van der Waals surface area contributed by atoms with Gasteiger partial charge in [0, 0.05) is 12.5 Å². The summed E-state index contributed by atoms with van der Waals surface area (Å²) in [6.07, 6.45) is 2.98. The van der Waals surface area contributed by atoms with Gasteiger partial charge in [-0.2, -0.15) is 0 Å². The SMILES string of the molecule is COc1cc2c(c(OC)c1OC)C(=Cc1ccccc1)CCO2. The molecule has 4 heteroatoms. The van der Waals surface area contributed by atoms with E-state index in [-0.39, 0.29) is 0 Å². The summed E-state index contributed by atoms with van der Waals surface area (Å²) in [6, 6.07) is 12.1. The lowest BCUT2D eigenvalue weighted by atomic mass is 9.95. The van der Waals surface area contributed by atoms with Crippen LogP contribution in [0.25, 0.3) is 11.6 Å². The number of ether oxygens (including phenoxy) is 4. The van der Waals surface area contributed by atoms with Gasteiger partial charge in [0.05, 0.1) is 33.5 Å². The first-order valence-electron chi connectivity index (χ1n) is 7.50. The molecule has 0 unspecified atom stereocenters. The fraction of sp³-hybridized carbons (Fsp3) is 0.263. The topological polar surface area (TPSA) is 36.9 Å². The van der Waals surface area contributed by atoms with Gasteiger partial charge in [-0.25, -0.2) is 0 Å². The molecule has 120 valence electrons. The Morgan fingerprint density at radius 3 is 2.35 bits per heavy atom. The highest BCUT2D eigenvalue weighted by molar-refractivity contribution is 5.89. The zero-order valence-corrected chi connectivity index (χ0v) is 13.6. The molecule has 2 aromatic rings. The molecule has 0 spiro atoms. The highest BCUT2D eigenvalue weighted by Crippen LogP contribution is 2.50. The molecule has 4 nitrogen and oxygen atoms in total. The van der Waals surface area contributed by atoms with Gasteiger partial charge in [-0.15, -0.1) is 0 Å². The number of hydrogen-bond acceptors (Lipinski definition) is 4. The van der Waals surface area contributed by atoms with Gasteiger partial charge in [0.1, 0.15) is 5.75 Å². The van der Waals surface area contributed by atoms with E-state index in [1.165, 1.54) is 0 Å². The summed E-state index contributed by atoms with van der Waals surface area (Å²) in [4.78, 5) is 0. The minimum absolute atomic E-state index is 0.582. The largest absolute Gasteiger partial charge is 0.493 e. The van der Waals surface area contributed by atoms with Gasteiger partial charge in [0.15, 0.2) is 11.5 Å². The van der Waals surface area contributed by atoms with Crippen molar-refractivity contribution in [3.05, 3.63) is 47.5 Å². The predicted molar refractivity (Wildman–Crippen MR) is 90.5 cm³/mol. The van der Waals surface area contributed by atoms with E-state index in [2.05, 4.69) is 18.2 Å². The minimum atomic E-state index is 0.582. The third kappa shape index (κ3) is 2.84. The maximum absolute atomic E-state index is 5.82. The first-order valence-corrected chi connectivity index (χ1v) is 7.50. The molecule has 1 aliphatic heterocycles. The second kappa shape index (κ2) is 6.65. The zero-order valence-electron chi connectivity index (χ0n) is 13.6. The average Bonchev–Trinajstić information content (AvgIpc) is 2.61. The summed E-state index contributed by atoms with van der Waals surface area (Å²) in [5.74, 6) is 2.58. The van der Waals surface area contributed by atoms with Crippen molar-refractivity contribution in [1.29, 1.82) is 0 Å². The normalized spacial score (nSPS) is 14.8. The van der Waals surface area contributed by atoms with Gasteiger partial charge >= 0.3 is 0 Å². The molecule has 2 aromatic carbocycles. The molecular weight excluding hydrogens is 292 g/mol. The van der Waals surface area contributed by atoms with E-state index >= 15 is 0 Å². The standard InChI is InChI=1S/C19H20O4/c1-20-16-12-15-17(19(22-3)18(16)21-2)14(9-10-23-15)11-13-7-5-4-6-8-13/h4-8,11-12H,9-10H2,1-3H3. The Hall–Kier alpha value is -2.62. The Bertz CT molecular complexity index is 720. The third-order valence-corrected chi connectivity index (χ3v) is 3.88. The van der Waals surface area contributed by atoms with Crippen LogP contribution in [0, 0.1) is 0 Å². The van der Waals surface area contributed by atoms with Gasteiger partial charge in [-0.1, -0.05) is 36.4 Å². The average molecular weight is 312 g/mol. The molecular formula is C19H20O4. The van der Waals surface area contributed by atoms with E-state index in [1.54, 1.807) is 21.3 Å². The molecule has 0 saturated heterocycles. The first-order chi connectivity index (χ1) is 11.3. The van der Waals surface area contributed by atoms with Crippen molar-refractivity contribution < 1.29 is 18.9 Å². The molecule has 0 aromatic heterocycles. The predicted octanol–water partition coefficient (Wildman–Crippen LogP) is 4.04. The Kier molecular flexibility index (Phi) is 4.42. The van der Waals surface area contributed by atoms with Crippen LogP contribution >= 0.6 is 0 Å². The Morgan fingerprint density at radius 2 is 1.70 bits per heavy atom. The van der Waals surface area contributed by atoms with Crippen molar-refractivity contribution in [3.8, 4) is 23.0 Å². The molecule has 0 amide bonds. The number of benzene rings is 2. The number of methoxy groups -OCH3 is 3. The summed E-state index contributed by atoms with van der Waals surface area (Å²) in [6.45, 7) is 0.629. The third-order valence-electron chi connectivity index (χ3n) is 3.88. The molecule has 0 atom stereocenters. The van der Waals surface area contributed by atoms with Gasteiger partial charge in [0.2, 0.25) is 5.75 Å². The van der Waals surface area contributed by atoms with Gasteiger partial charge in [0.25, 0.3) is 0 Å². The van der Waals surface area contributed by atoms with Crippen LogP contribution < -0.4 is 18.9 Å². The number of rotatable bonds is 4. The van der Waals surface area contributed by atoms with Crippen molar-refractivity contribution >= 4 is 11.6 Å². The summed E-state index contributed by atoms with van der Waals surface area (Å²) >= 11 is 0. The van der Waals surface area contributed by atoms with Crippen LogP contribution in [0.15, 0.2) is 36.4 Å². The molecule has 1 heterocycles. The Labute approximate surface area is 136 Å². The van der Waals surface area contributed by atoms with Gasteiger partial charge in [-0.3, -0.25) is 0 Å². The minimum Gasteiger partial charge on any atom is -0.493 e. The van der Waals surface area contributed by atoms with E-state index in [4.69, 9.17) is 18.9 Å². The summed E-state index contributed by atoms with van der Waals surface area (Å²) in [5.41, 5.74) is 3.24. The molecule has 0 bridgehead atoms. The Morgan fingerprint density at radius 1 is 0.957 bits per heavy atom. The first kappa shape index (κ1) is 15.3. The van der Waals surface area contributed by atoms with Gasteiger partial charge < -0.3 is 18.9 Å². The van der Waals surface area contributed by atoms with Crippen LogP contribution in [0.5, 0.6) is 23.0 Å². The maximum Gasteiger partial charge on any atom is 0.204 e. The highest BCUT2D eigenvalue weighted by Gasteiger charge is 2.26. The zero-order chi connectivity index (χ0) is 16.2. The second-order valence-corrected chi connectivity index (χ2v) is 5.20. The number of hydrogen-bond donors (Lipinski definition) is 0. The Balaban J connectivity index is 2.19. The van der Waals surface area contributed by atoms with Crippen molar-refractivity contribution in [2.75, 3.05) is 27.9 Å². The van der Waals surface area contributed by atoms with Gasteiger partial charge in [-0.05, 0) is 11.1 Å².